The number of carbonyl (C=O) groups is 2. The van der Waals surface area contributed by atoms with Crippen LogP contribution in [0.5, 0.6) is 0 Å². The molecule has 0 aliphatic rings. The number of esters is 1. The van der Waals surface area contributed by atoms with E-state index in [0.29, 0.717) is 12.0 Å². The van der Waals surface area contributed by atoms with E-state index in [-0.39, 0.29) is 28.3 Å². The summed E-state index contributed by atoms with van der Waals surface area (Å²) in [6.07, 6.45) is 0.739. The molecule has 0 spiro atoms. The first kappa shape index (κ1) is 18.4. The Labute approximate surface area is 148 Å². The second-order valence-corrected chi connectivity index (χ2v) is 8.68. The molecule has 2 aromatic carbocycles. The molecule has 0 saturated heterocycles. The zero-order valence-electron chi connectivity index (χ0n) is 13.6. The van der Waals surface area contributed by atoms with Crippen LogP contribution in [0.15, 0.2) is 54.6 Å². The van der Waals surface area contributed by atoms with E-state index in [1.54, 1.807) is 0 Å². The van der Waals surface area contributed by atoms with E-state index in [0.717, 1.165) is 11.1 Å². The number of carbonyl (C=O) groups excluding carboxylic acids is 2. The Morgan fingerprint density at radius 2 is 1.67 bits per heavy atom. The van der Waals surface area contributed by atoms with Crippen LogP contribution in [0.1, 0.15) is 23.2 Å². The van der Waals surface area contributed by atoms with Gasteiger partial charge in [-0.3, -0.25) is 0 Å². The van der Waals surface area contributed by atoms with Gasteiger partial charge >= 0.3 is 148 Å². The molecule has 0 saturated carbocycles. The van der Waals surface area contributed by atoms with E-state index in [4.69, 9.17) is 0 Å². The number of benzene rings is 2. The molecule has 1 N–H and O–H groups in total. The first-order valence-corrected chi connectivity index (χ1v) is 10.0. The van der Waals surface area contributed by atoms with Gasteiger partial charge < -0.3 is 0 Å². The number of hydrogen-bond acceptors (Lipinski definition) is 4. The molecule has 0 fully saturated rings. The van der Waals surface area contributed by atoms with Gasteiger partial charge in [0, 0.05) is 0 Å². The fourth-order valence-corrected chi connectivity index (χ4v) is 4.59. The van der Waals surface area contributed by atoms with Crippen LogP contribution >= 0.6 is 0 Å². The Morgan fingerprint density at radius 3 is 2.25 bits per heavy atom. The van der Waals surface area contributed by atoms with Crippen molar-refractivity contribution in [3.8, 4) is 11.1 Å². The monoisotopic (exact) mass is 388 g/mol. The molecule has 4 nitrogen and oxygen atoms in total. The quantitative estimate of drug-likeness (QED) is 0.558. The van der Waals surface area contributed by atoms with Crippen molar-refractivity contribution >= 4 is 26.3 Å². The Morgan fingerprint density at radius 1 is 1.04 bits per heavy atom. The molecule has 2 rings (SSSR count). The molecule has 0 aliphatic carbocycles. The van der Waals surface area contributed by atoms with E-state index in [1.165, 1.54) is 7.11 Å². The topological polar surface area (TPSA) is 63.6 Å². The van der Waals surface area contributed by atoms with Crippen LogP contribution in [0.3, 0.4) is 0 Å². The zero-order chi connectivity index (χ0) is 17.4. The molecule has 0 radical (unpaired) electrons. The Hall–Kier alpha value is -1.90. The average molecular weight is 388 g/mol. The maximum atomic E-state index is 12.4. The van der Waals surface area contributed by atoms with Gasteiger partial charge in [0.2, 0.25) is 0 Å². The van der Waals surface area contributed by atoms with Crippen molar-refractivity contribution in [3.63, 3.8) is 0 Å². The van der Waals surface area contributed by atoms with Crippen LogP contribution < -0.4 is 0 Å². The summed E-state index contributed by atoms with van der Waals surface area (Å²) in [5.74, 6) is -0.306. The molecule has 0 bridgehead atoms. The van der Waals surface area contributed by atoms with Crippen molar-refractivity contribution in [1.29, 1.82) is 0 Å². The first-order valence-electron chi connectivity index (χ1n) is 7.78. The molecule has 0 heterocycles. The van der Waals surface area contributed by atoms with E-state index in [9.17, 15) is 14.7 Å². The van der Waals surface area contributed by atoms with Gasteiger partial charge in [0.25, 0.3) is 0 Å². The Kier molecular flexibility index (Phi) is 7.23. The van der Waals surface area contributed by atoms with Crippen LogP contribution in [0.4, 0.5) is 0 Å². The number of ether oxygens (including phenoxy) is 1. The molecule has 5 heteroatoms. The Bertz CT molecular complexity index is 668. The second kappa shape index (κ2) is 9.41. The standard InChI is InChI=1S/C19H21AsO4/c1-24-18(22)12-11-17(13-21)20-19(23)16-9-7-15(8-10-16)14-5-3-2-4-6-14/h2-10,17,20-21H,11-13H2,1H3. The molecule has 0 aliphatic heterocycles. The summed E-state index contributed by atoms with van der Waals surface area (Å²) in [5, 5.41) is 9.43. The fraction of sp³-hybridized carbons (Fsp3) is 0.263. The van der Waals surface area contributed by atoms with Crippen molar-refractivity contribution in [1.82, 2.24) is 0 Å². The number of rotatable bonds is 8. The van der Waals surface area contributed by atoms with Crippen LogP contribution in [0.25, 0.3) is 11.1 Å². The normalized spacial score (nSPS) is 12.2. The molecular formula is C19H21AsO4. The number of hydrogen-bond donors (Lipinski definition) is 1. The van der Waals surface area contributed by atoms with Gasteiger partial charge in [0.05, 0.1) is 0 Å². The van der Waals surface area contributed by atoms with Gasteiger partial charge in [0.1, 0.15) is 0 Å². The predicted molar refractivity (Wildman–Crippen MR) is 95.4 cm³/mol. The molecule has 24 heavy (non-hydrogen) atoms. The van der Waals surface area contributed by atoms with Gasteiger partial charge in [0.15, 0.2) is 0 Å². The SMILES string of the molecule is COC(=O)CCC(CO)[AsH]C(=O)c1ccc(-c2ccccc2)cc1. The van der Waals surface area contributed by atoms with Crippen LogP contribution in [0, 0.1) is 0 Å². The number of aliphatic hydroxyl groups is 1. The second-order valence-electron chi connectivity index (χ2n) is 5.41. The van der Waals surface area contributed by atoms with E-state index in [2.05, 4.69) is 4.74 Å². The Balaban J connectivity index is 1.97. The van der Waals surface area contributed by atoms with Crippen LogP contribution in [0.2, 0.25) is 4.71 Å². The van der Waals surface area contributed by atoms with E-state index >= 15 is 0 Å². The summed E-state index contributed by atoms with van der Waals surface area (Å²) in [7, 11) is 1.34. The first-order chi connectivity index (χ1) is 11.6. The summed E-state index contributed by atoms with van der Waals surface area (Å²) in [4.78, 5) is 23.6. The number of methoxy groups -OCH3 is 1. The molecule has 2 aromatic rings. The van der Waals surface area contributed by atoms with Crippen molar-refractivity contribution in [2.24, 2.45) is 0 Å². The maximum absolute atomic E-state index is 12.4. The molecular weight excluding hydrogens is 367 g/mol. The van der Waals surface area contributed by atoms with Gasteiger partial charge in [-0.15, -0.1) is 0 Å². The minimum atomic E-state index is -1.03. The third-order valence-electron chi connectivity index (χ3n) is 3.73. The van der Waals surface area contributed by atoms with Gasteiger partial charge in [-0.25, -0.2) is 0 Å². The summed E-state index contributed by atoms with van der Waals surface area (Å²) >= 11 is -1.03. The van der Waals surface area contributed by atoms with Crippen molar-refractivity contribution < 1.29 is 19.4 Å². The molecule has 0 amide bonds. The summed E-state index contributed by atoms with van der Waals surface area (Å²) < 4.78 is 4.59. The summed E-state index contributed by atoms with van der Waals surface area (Å²) in [6, 6.07) is 17.5. The molecule has 2 atom stereocenters. The summed E-state index contributed by atoms with van der Waals surface area (Å²) in [5.41, 5.74) is 2.85. The third kappa shape index (κ3) is 5.33. The van der Waals surface area contributed by atoms with E-state index in [1.807, 2.05) is 54.6 Å². The molecule has 126 valence electrons. The summed E-state index contributed by atoms with van der Waals surface area (Å²) in [6.45, 7) is -0.0646. The van der Waals surface area contributed by atoms with Gasteiger partial charge in [-0.05, 0) is 0 Å². The third-order valence-corrected chi connectivity index (χ3v) is 6.74. The fourth-order valence-electron chi connectivity index (χ4n) is 2.32. The van der Waals surface area contributed by atoms with Crippen molar-refractivity contribution in [2.75, 3.05) is 13.7 Å². The average Bonchev–Trinajstić information content (AvgIpc) is 2.65. The van der Waals surface area contributed by atoms with Gasteiger partial charge in [-0.2, -0.15) is 0 Å². The predicted octanol–water partition coefficient (Wildman–Crippen LogP) is 2.66. The van der Waals surface area contributed by atoms with Crippen molar-refractivity contribution in [2.45, 2.75) is 17.5 Å². The van der Waals surface area contributed by atoms with Crippen molar-refractivity contribution in [3.05, 3.63) is 60.2 Å². The molecule has 0 aromatic heterocycles. The zero-order valence-corrected chi connectivity index (χ0v) is 15.7. The number of aliphatic hydroxyl groups excluding tert-OH is 1. The van der Waals surface area contributed by atoms with Gasteiger partial charge in [-0.1, -0.05) is 0 Å². The van der Waals surface area contributed by atoms with E-state index < -0.39 is 15.8 Å². The van der Waals surface area contributed by atoms with Crippen LogP contribution in [-0.4, -0.2) is 45.1 Å². The van der Waals surface area contributed by atoms with Crippen LogP contribution in [-0.2, 0) is 9.53 Å². The minimum absolute atomic E-state index is 0.0646. The molecule has 2 unspecified atom stereocenters.